The third-order valence-electron chi connectivity index (χ3n) is 3.79. The number of aliphatic imine (C=N–C) groups is 1. The van der Waals surface area contributed by atoms with Crippen molar-refractivity contribution in [3.63, 3.8) is 0 Å². The molecule has 0 aliphatic carbocycles. The second-order valence-corrected chi connectivity index (χ2v) is 6.00. The monoisotopic (exact) mass is 362 g/mol. The van der Waals surface area contributed by atoms with E-state index in [0.717, 1.165) is 0 Å². The van der Waals surface area contributed by atoms with Gasteiger partial charge in [-0.3, -0.25) is 14.9 Å². The van der Waals surface area contributed by atoms with Crippen LogP contribution in [0.4, 0.5) is 15.3 Å². The number of rotatable bonds is 4. The van der Waals surface area contributed by atoms with Gasteiger partial charge in [-0.05, 0) is 26.3 Å². The molecule has 2 rings (SSSR count). The molecule has 0 bridgehead atoms. The molecule has 4 amide bonds. The van der Waals surface area contributed by atoms with Gasteiger partial charge in [0.1, 0.15) is 5.92 Å². The lowest BCUT2D eigenvalue weighted by Crippen LogP contribution is -2.51. The fourth-order valence-corrected chi connectivity index (χ4v) is 2.77. The molecule has 1 heterocycles. The maximum Gasteiger partial charge on any atom is 0.352 e. The SMILES string of the molecule is CC1=NC(=O)N(C(N)=O)C(c2cccc([N+](=O)[O-])c2)C1C(=O)OC(C)C. The first kappa shape index (κ1) is 19.0. The van der Waals surface area contributed by atoms with Crippen molar-refractivity contribution in [1.82, 2.24) is 4.90 Å². The van der Waals surface area contributed by atoms with Gasteiger partial charge in [-0.1, -0.05) is 12.1 Å². The normalized spacial score (nSPS) is 19.9. The molecule has 0 spiro atoms. The van der Waals surface area contributed by atoms with Crippen molar-refractivity contribution in [2.45, 2.75) is 32.9 Å². The van der Waals surface area contributed by atoms with Gasteiger partial charge in [0, 0.05) is 17.8 Å². The van der Waals surface area contributed by atoms with E-state index >= 15 is 0 Å². The maximum atomic E-state index is 12.6. The Kier molecular flexibility index (Phi) is 5.34. The number of nitrogens with zero attached hydrogens (tertiary/aromatic N) is 3. The zero-order valence-electron chi connectivity index (χ0n) is 14.4. The van der Waals surface area contributed by atoms with E-state index in [-0.39, 0.29) is 17.0 Å². The van der Waals surface area contributed by atoms with Crippen LogP contribution in [0.3, 0.4) is 0 Å². The molecule has 0 fully saturated rings. The van der Waals surface area contributed by atoms with E-state index < -0.39 is 41.0 Å². The van der Waals surface area contributed by atoms with Crippen LogP contribution in [-0.4, -0.2) is 39.7 Å². The molecule has 1 aromatic carbocycles. The number of amides is 4. The number of ether oxygens (including phenoxy) is 1. The van der Waals surface area contributed by atoms with E-state index in [1.54, 1.807) is 13.8 Å². The summed E-state index contributed by atoms with van der Waals surface area (Å²) >= 11 is 0. The Morgan fingerprint density at radius 2 is 2.04 bits per heavy atom. The first-order valence-electron chi connectivity index (χ1n) is 7.76. The minimum absolute atomic E-state index is 0.134. The summed E-state index contributed by atoms with van der Waals surface area (Å²) in [5.74, 6) is -1.83. The van der Waals surface area contributed by atoms with Crippen LogP contribution in [0.25, 0.3) is 0 Å². The molecule has 2 atom stereocenters. The summed E-state index contributed by atoms with van der Waals surface area (Å²) in [6, 6.07) is 2.04. The smallest absolute Gasteiger partial charge is 0.352 e. The Bertz CT molecular complexity index is 804. The highest BCUT2D eigenvalue weighted by atomic mass is 16.6. The molecule has 0 saturated heterocycles. The molecule has 0 aromatic heterocycles. The van der Waals surface area contributed by atoms with Crippen LogP contribution in [0.1, 0.15) is 32.4 Å². The molecule has 1 aromatic rings. The lowest BCUT2D eigenvalue weighted by Gasteiger charge is -2.36. The fourth-order valence-electron chi connectivity index (χ4n) is 2.77. The van der Waals surface area contributed by atoms with E-state index in [9.17, 15) is 24.5 Å². The van der Waals surface area contributed by atoms with E-state index in [1.165, 1.54) is 31.2 Å². The van der Waals surface area contributed by atoms with Crippen LogP contribution in [-0.2, 0) is 9.53 Å². The number of hydrogen-bond acceptors (Lipinski definition) is 6. The average molecular weight is 362 g/mol. The minimum Gasteiger partial charge on any atom is -0.462 e. The number of carbonyl (C=O) groups is 3. The van der Waals surface area contributed by atoms with Gasteiger partial charge in [0.25, 0.3) is 5.69 Å². The summed E-state index contributed by atoms with van der Waals surface area (Å²) in [6.45, 7) is 4.74. The number of nitro benzene ring substituents is 1. The predicted octanol–water partition coefficient (Wildman–Crippen LogP) is 2.18. The largest absolute Gasteiger partial charge is 0.462 e. The number of benzene rings is 1. The molecule has 1 aliphatic rings. The van der Waals surface area contributed by atoms with Crippen molar-refractivity contribution in [3.8, 4) is 0 Å². The first-order valence-corrected chi connectivity index (χ1v) is 7.76. The van der Waals surface area contributed by atoms with Gasteiger partial charge in [0.05, 0.1) is 17.1 Å². The lowest BCUT2D eigenvalue weighted by atomic mass is 9.87. The van der Waals surface area contributed by atoms with E-state index in [0.29, 0.717) is 4.90 Å². The molecule has 0 radical (unpaired) electrons. The van der Waals surface area contributed by atoms with Gasteiger partial charge in [-0.2, -0.15) is 0 Å². The van der Waals surface area contributed by atoms with Crippen LogP contribution in [0.5, 0.6) is 0 Å². The number of primary amides is 1. The Hall–Kier alpha value is -3.30. The third-order valence-corrected chi connectivity index (χ3v) is 3.79. The molecule has 2 N–H and O–H groups in total. The lowest BCUT2D eigenvalue weighted by molar-refractivity contribution is -0.385. The first-order chi connectivity index (χ1) is 12.1. The number of esters is 1. The number of non-ortho nitro benzene ring substituents is 1. The second kappa shape index (κ2) is 7.30. The molecule has 26 heavy (non-hydrogen) atoms. The molecule has 138 valence electrons. The summed E-state index contributed by atoms with van der Waals surface area (Å²) in [4.78, 5) is 51.3. The summed E-state index contributed by atoms with van der Waals surface area (Å²) < 4.78 is 5.21. The molecule has 10 nitrogen and oxygen atoms in total. The third kappa shape index (κ3) is 3.68. The molecule has 10 heteroatoms. The maximum absolute atomic E-state index is 12.6. The summed E-state index contributed by atoms with van der Waals surface area (Å²) in [5, 5.41) is 11.1. The van der Waals surface area contributed by atoms with Gasteiger partial charge < -0.3 is 10.5 Å². The van der Waals surface area contributed by atoms with Crippen LogP contribution < -0.4 is 5.73 Å². The van der Waals surface area contributed by atoms with Gasteiger partial charge in [-0.25, -0.2) is 19.5 Å². The number of urea groups is 2. The zero-order chi connectivity index (χ0) is 19.6. The van der Waals surface area contributed by atoms with Crippen molar-refractivity contribution in [3.05, 3.63) is 39.9 Å². The molecule has 2 unspecified atom stereocenters. The molecular weight excluding hydrogens is 344 g/mol. The topological polar surface area (TPSA) is 145 Å². The summed E-state index contributed by atoms with van der Waals surface area (Å²) in [7, 11) is 0. The van der Waals surface area contributed by atoms with Gasteiger partial charge in [0.15, 0.2) is 0 Å². The van der Waals surface area contributed by atoms with Gasteiger partial charge in [0.2, 0.25) is 0 Å². The van der Waals surface area contributed by atoms with Crippen LogP contribution in [0.15, 0.2) is 29.3 Å². The molecule has 1 aliphatic heterocycles. The van der Waals surface area contributed by atoms with E-state index in [4.69, 9.17) is 10.5 Å². The second-order valence-electron chi connectivity index (χ2n) is 6.00. The number of nitro groups is 1. The average Bonchev–Trinajstić information content (AvgIpc) is 2.52. The van der Waals surface area contributed by atoms with Crippen molar-refractivity contribution in [1.29, 1.82) is 0 Å². The van der Waals surface area contributed by atoms with Gasteiger partial charge >= 0.3 is 18.0 Å². The quantitative estimate of drug-likeness (QED) is 0.493. The predicted molar refractivity (Wildman–Crippen MR) is 90.5 cm³/mol. The molecular formula is C16H18N4O6. The highest BCUT2D eigenvalue weighted by Crippen LogP contribution is 2.36. The Labute approximate surface area is 148 Å². The van der Waals surface area contributed by atoms with Crippen LogP contribution >= 0.6 is 0 Å². The zero-order valence-corrected chi connectivity index (χ0v) is 14.4. The fraction of sp³-hybridized carbons (Fsp3) is 0.375. The van der Waals surface area contributed by atoms with Crippen molar-refractivity contribution < 1.29 is 24.0 Å². The van der Waals surface area contributed by atoms with Crippen molar-refractivity contribution in [2.75, 3.05) is 0 Å². The Morgan fingerprint density at radius 3 is 2.58 bits per heavy atom. The highest BCUT2D eigenvalue weighted by Gasteiger charge is 2.45. The number of hydrogen-bond donors (Lipinski definition) is 1. The van der Waals surface area contributed by atoms with Crippen LogP contribution in [0.2, 0.25) is 0 Å². The Balaban J connectivity index is 2.63. The standard InChI is InChI=1S/C16H18N4O6/c1-8(2)26-14(21)12-9(3)18-16(23)19(15(17)22)13(12)10-5-4-6-11(7-10)20(24)25/h4-8,12-13H,1-3H3,(H2,17,22). The van der Waals surface area contributed by atoms with Crippen molar-refractivity contribution in [2.24, 2.45) is 16.6 Å². The highest BCUT2D eigenvalue weighted by molar-refractivity contribution is 6.11. The summed E-state index contributed by atoms with van der Waals surface area (Å²) in [5.41, 5.74) is 5.38. The number of nitrogens with two attached hydrogens (primary N) is 1. The summed E-state index contributed by atoms with van der Waals surface area (Å²) in [6.07, 6.45) is -0.444. The van der Waals surface area contributed by atoms with Gasteiger partial charge in [-0.15, -0.1) is 0 Å². The van der Waals surface area contributed by atoms with Crippen LogP contribution in [0, 0.1) is 16.0 Å². The van der Waals surface area contributed by atoms with E-state index in [2.05, 4.69) is 4.99 Å². The number of imide groups is 1. The molecule has 0 saturated carbocycles. The minimum atomic E-state index is -1.19. The van der Waals surface area contributed by atoms with Crippen molar-refractivity contribution >= 4 is 29.4 Å². The Morgan fingerprint density at radius 1 is 1.38 bits per heavy atom. The number of carbonyl (C=O) groups excluding carboxylic acids is 3. The van der Waals surface area contributed by atoms with E-state index in [1.807, 2.05) is 0 Å².